The van der Waals surface area contributed by atoms with E-state index in [0.717, 1.165) is 67.7 Å². The molecule has 2 saturated heterocycles. The van der Waals surface area contributed by atoms with Crippen LogP contribution in [0, 0.1) is 0 Å². The van der Waals surface area contributed by atoms with Crippen LogP contribution in [0.3, 0.4) is 0 Å². The first-order valence-electron chi connectivity index (χ1n) is 11.5. The Hall–Kier alpha value is -2.28. The standard InChI is InChI=1S/C25H31Cl2N5O/c1-4-20(26)14-22(27)17(2)18(3)32-24-15-21(8-7-19(24)16-29-32)30-10-12-31(13-11-30)25(33)23-6-5-9-28-23/h4,7-8,14-16,18,23,28H,1,5-6,9-13H2,2-3H3/b20-14+,22-17-/t18?,23-/m1/s1. The Bertz CT molecular complexity index is 1090. The largest absolute Gasteiger partial charge is 0.368 e. The van der Waals surface area contributed by atoms with Gasteiger partial charge in [-0.3, -0.25) is 9.48 Å². The van der Waals surface area contributed by atoms with Crippen molar-refractivity contribution in [3.05, 3.63) is 58.8 Å². The van der Waals surface area contributed by atoms with E-state index >= 15 is 0 Å². The molecule has 2 aliphatic rings. The minimum atomic E-state index is -0.0378. The molecule has 1 aromatic heterocycles. The summed E-state index contributed by atoms with van der Waals surface area (Å²) in [5.41, 5.74) is 3.17. The molecule has 176 valence electrons. The number of carbonyl (C=O) groups excluding carboxylic acids is 1. The summed E-state index contributed by atoms with van der Waals surface area (Å²) >= 11 is 12.6. The number of hydrogen-bond donors (Lipinski definition) is 1. The first-order chi connectivity index (χ1) is 15.9. The second-order valence-corrected chi connectivity index (χ2v) is 9.58. The van der Waals surface area contributed by atoms with Crippen molar-refractivity contribution in [2.75, 3.05) is 37.6 Å². The minimum Gasteiger partial charge on any atom is -0.368 e. The van der Waals surface area contributed by atoms with Gasteiger partial charge in [-0.15, -0.1) is 0 Å². The summed E-state index contributed by atoms with van der Waals surface area (Å²) in [6, 6.07) is 6.39. The first kappa shape index (κ1) is 23.9. The average molecular weight is 488 g/mol. The van der Waals surface area contributed by atoms with Gasteiger partial charge in [0.15, 0.2) is 0 Å². The number of anilines is 1. The fourth-order valence-corrected chi connectivity index (χ4v) is 4.95. The van der Waals surface area contributed by atoms with Gasteiger partial charge in [0, 0.05) is 47.3 Å². The van der Waals surface area contributed by atoms with Crippen LogP contribution < -0.4 is 10.2 Å². The van der Waals surface area contributed by atoms with Crippen molar-refractivity contribution >= 4 is 45.7 Å². The number of aromatic nitrogens is 2. The predicted octanol–water partition coefficient (Wildman–Crippen LogP) is 4.82. The number of nitrogens with zero attached hydrogens (tertiary/aromatic N) is 4. The Labute approximate surface area is 205 Å². The summed E-state index contributed by atoms with van der Waals surface area (Å²) in [6.45, 7) is 11.8. The Morgan fingerprint density at radius 1 is 1.27 bits per heavy atom. The Balaban J connectivity index is 1.51. The monoisotopic (exact) mass is 487 g/mol. The lowest BCUT2D eigenvalue weighted by atomic mass is 10.1. The molecule has 0 bridgehead atoms. The number of rotatable bonds is 6. The van der Waals surface area contributed by atoms with Gasteiger partial charge in [0.2, 0.25) is 5.91 Å². The normalized spacial score (nSPS) is 21.3. The number of benzene rings is 1. The van der Waals surface area contributed by atoms with Crippen LogP contribution in [0.15, 0.2) is 58.8 Å². The zero-order valence-electron chi connectivity index (χ0n) is 19.2. The summed E-state index contributed by atoms with van der Waals surface area (Å²) in [5, 5.41) is 10.1. The summed E-state index contributed by atoms with van der Waals surface area (Å²) < 4.78 is 2.00. The molecule has 4 rings (SSSR count). The number of halogens is 2. The van der Waals surface area contributed by atoms with E-state index in [-0.39, 0.29) is 18.0 Å². The van der Waals surface area contributed by atoms with Crippen molar-refractivity contribution in [1.29, 1.82) is 0 Å². The highest BCUT2D eigenvalue weighted by Gasteiger charge is 2.29. The molecule has 0 aliphatic carbocycles. The van der Waals surface area contributed by atoms with Crippen LogP contribution in [0.5, 0.6) is 0 Å². The highest BCUT2D eigenvalue weighted by Crippen LogP contribution is 2.30. The van der Waals surface area contributed by atoms with E-state index in [9.17, 15) is 4.79 Å². The molecule has 1 unspecified atom stereocenters. The molecule has 6 nitrogen and oxygen atoms in total. The smallest absolute Gasteiger partial charge is 0.239 e. The second-order valence-electron chi connectivity index (χ2n) is 8.73. The van der Waals surface area contributed by atoms with Gasteiger partial charge in [0.05, 0.1) is 23.8 Å². The molecule has 2 atom stereocenters. The van der Waals surface area contributed by atoms with Crippen molar-refractivity contribution in [3.8, 4) is 0 Å². The van der Waals surface area contributed by atoms with Gasteiger partial charge in [-0.05, 0) is 63.1 Å². The third kappa shape index (κ3) is 5.13. The third-order valence-corrected chi connectivity index (χ3v) is 7.40. The van der Waals surface area contributed by atoms with Crippen LogP contribution in [0.2, 0.25) is 0 Å². The van der Waals surface area contributed by atoms with Crippen LogP contribution in [0.4, 0.5) is 5.69 Å². The molecule has 1 aromatic carbocycles. The van der Waals surface area contributed by atoms with E-state index < -0.39 is 0 Å². The first-order valence-corrected chi connectivity index (χ1v) is 12.2. The van der Waals surface area contributed by atoms with Gasteiger partial charge in [0.1, 0.15) is 0 Å². The zero-order chi connectivity index (χ0) is 23.5. The van der Waals surface area contributed by atoms with Gasteiger partial charge >= 0.3 is 0 Å². The van der Waals surface area contributed by atoms with Gasteiger partial charge in [0.25, 0.3) is 0 Å². The third-order valence-electron chi connectivity index (χ3n) is 6.73. The number of hydrogen-bond acceptors (Lipinski definition) is 4. The number of nitrogens with one attached hydrogen (secondary N) is 1. The lowest BCUT2D eigenvalue weighted by molar-refractivity contribution is -0.133. The fourth-order valence-electron chi connectivity index (χ4n) is 4.51. The van der Waals surface area contributed by atoms with Gasteiger partial charge in [-0.1, -0.05) is 35.9 Å². The zero-order valence-corrected chi connectivity index (χ0v) is 20.7. The molecule has 33 heavy (non-hydrogen) atoms. The number of allylic oxidation sites excluding steroid dienone is 5. The lowest BCUT2D eigenvalue weighted by Crippen LogP contribution is -2.53. The Morgan fingerprint density at radius 3 is 2.70 bits per heavy atom. The van der Waals surface area contributed by atoms with Crippen LogP contribution in [-0.2, 0) is 4.79 Å². The van der Waals surface area contributed by atoms with Crippen molar-refractivity contribution in [1.82, 2.24) is 20.0 Å². The summed E-state index contributed by atoms with van der Waals surface area (Å²) in [7, 11) is 0. The summed E-state index contributed by atoms with van der Waals surface area (Å²) in [6.07, 6.45) is 7.19. The molecule has 0 radical (unpaired) electrons. The Morgan fingerprint density at radius 2 is 2.03 bits per heavy atom. The second kappa shape index (κ2) is 10.3. The highest BCUT2D eigenvalue weighted by atomic mass is 35.5. The molecule has 1 N–H and O–H groups in total. The van der Waals surface area contributed by atoms with Crippen LogP contribution in [0.1, 0.15) is 32.7 Å². The van der Waals surface area contributed by atoms with E-state index in [2.05, 4.69) is 47.0 Å². The quantitative estimate of drug-likeness (QED) is 0.593. The molecule has 8 heteroatoms. The molecule has 0 spiro atoms. The van der Waals surface area contributed by atoms with E-state index in [4.69, 9.17) is 23.2 Å². The maximum Gasteiger partial charge on any atom is 0.239 e. The van der Waals surface area contributed by atoms with E-state index in [1.54, 1.807) is 12.2 Å². The summed E-state index contributed by atoms with van der Waals surface area (Å²) in [4.78, 5) is 17.1. The molecule has 1 amide bonds. The molecule has 2 aromatic rings. The summed E-state index contributed by atoms with van der Waals surface area (Å²) in [5.74, 6) is 0.249. The minimum absolute atomic E-state index is 0.00284. The number of fused-ring (bicyclic) bond motifs is 1. The lowest BCUT2D eigenvalue weighted by Gasteiger charge is -2.37. The van der Waals surface area contributed by atoms with Gasteiger partial charge in [-0.2, -0.15) is 5.10 Å². The average Bonchev–Trinajstić information content (AvgIpc) is 3.52. The molecule has 3 heterocycles. The highest BCUT2D eigenvalue weighted by molar-refractivity contribution is 6.35. The van der Waals surface area contributed by atoms with Gasteiger partial charge < -0.3 is 15.1 Å². The Kier molecular flexibility index (Phi) is 7.47. The van der Waals surface area contributed by atoms with Crippen LogP contribution in [-0.4, -0.2) is 59.4 Å². The maximum atomic E-state index is 12.7. The van der Waals surface area contributed by atoms with Crippen LogP contribution in [0.25, 0.3) is 10.9 Å². The maximum absolute atomic E-state index is 12.7. The van der Waals surface area contributed by atoms with E-state index in [1.807, 2.05) is 22.7 Å². The van der Waals surface area contributed by atoms with E-state index in [1.165, 1.54) is 0 Å². The van der Waals surface area contributed by atoms with Crippen LogP contribution >= 0.6 is 23.2 Å². The SMILES string of the molecule is C=C/C(Cl)=C\C(Cl)=C(/C)C(C)n1ncc2ccc(N3CCN(C(=O)[C@H]4CCCN4)CC3)cc21. The fraction of sp³-hybridized carbons (Fsp3) is 0.440. The number of amides is 1. The van der Waals surface area contributed by atoms with Crippen molar-refractivity contribution in [3.63, 3.8) is 0 Å². The van der Waals surface area contributed by atoms with Crippen molar-refractivity contribution < 1.29 is 4.79 Å². The van der Waals surface area contributed by atoms with Gasteiger partial charge in [-0.25, -0.2) is 0 Å². The topological polar surface area (TPSA) is 53.4 Å². The number of piperazine rings is 1. The van der Waals surface area contributed by atoms with E-state index in [0.29, 0.717) is 10.1 Å². The molecule has 0 saturated carbocycles. The molecular formula is C25H31Cl2N5O. The van der Waals surface area contributed by atoms with Crippen molar-refractivity contribution in [2.45, 2.75) is 38.8 Å². The molecular weight excluding hydrogens is 457 g/mol. The number of carbonyl (C=O) groups is 1. The predicted molar refractivity (Wildman–Crippen MR) is 137 cm³/mol. The molecule has 2 aliphatic heterocycles. The van der Waals surface area contributed by atoms with Crippen molar-refractivity contribution in [2.24, 2.45) is 0 Å². The molecule has 2 fully saturated rings.